The Bertz CT molecular complexity index is 687. The van der Waals surface area contributed by atoms with Crippen molar-refractivity contribution in [1.29, 1.82) is 0 Å². The molecule has 0 bridgehead atoms. The smallest absolute Gasteiger partial charge is 0.257 e. The maximum absolute atomic E-state index is 12.8. The number of thioether (sulfide) groups is 1. The molecule has 6 nitrogen and oxygen atoms in total. The van der Waals surface area contributed by atoms with Crippen LogP contribution < -0.4 is 10.9 Å². The Morgan fingerprint density at radius 1 is 1.40 bits per heavy atom. The van der Waals surface area contributed by atoms with Gasteiger partial charge in [0.05, 0.1) is 17.8 Å². The Morgan fingerprint density at radius 2 is 2.20 bits per heavy atom. The molecule has 1 atom stereocenters. The third-order valence-corrected chi connectivity index (χ3v) is 5.74. The van der Waals surface area contributed by atoms with E-state index < -0.39 is 0 Å². The fourth-order valence-corrected chi connectivity index (χ4v) is 4.52. The fraction of sp³-hybridized carbons (Fsp3) is 0.722. The Hall–Kier alpha value is -1.34. The molecule has 1 aromatic rings. The van der Waals surface area contributed by atoms with Crippen LogP contribution in [0, 0.1) is 0 Å². The molecule has 1 aliphatic heterocycles. The Balaban J connectivity index is 1.58. The molecule has 2 aliphatic rings. The lowest BCUT2D eigenvalue weighted by Gasteiger charge is -2.18. The van der Waals surface area contributed by atoms with Crippen LogP contribution in [0.2, 0.25) is 0 Å². The molecule has 25 heavy (non-hydrogen) atoms. The van der Waals surface area contributed by atoms with Gasteiger partial charge < -0.3 is 10.1 Å². The number of hydrogen-bond acceptors (Lipinski definition) is 5. The molecule has 0 fully saturated rings. The molecule has 0 spiro atoms. The van der Waals surface area contributed by atoms with E-state index in [0.29, 0.717) is 19.6 Å². The van der Waals surface area contributed by atoms with Crippen LogP contribution >= 0.6 is 11.8 Å². The van der Waals surface area contributed by atoms with Crippen LogP contribution in [0.25, 0.3) is 0 Å². The molecule has 1 aliphatic carbocycles. The second kappa shape index (κ2) is 8.36. The molecule has 0 saturated heterocycles. The molecular weight excluding hydrogens is 338 g/mol. The summed E-state index contributed by atoms with van der Waals surface area (Å²) in [6, 6.07) is -0.0841. The van der Waals surface area contributed by atoms with E-state index in [0.717, 1.165) is 54.3 Å². The highest BCUT2D eigenvalue weighted by atomic mass is 32.2. The molecular formula is C18H27N3O3S. The van der Waals surface area contributed by atoms with E-state index >= 15 is 0 Å². The van der Waals surface area contributed by atoms with Gasteiger partial charge in [-0.25, -0.2) is 4.98 Å². The fourth-order valence-electron chi connectivity index (χ4n) is 3.37. The highest BCUT2D eigenvalue weighted by molar-refractivity contribution is 7.99. The van der Waals surface area contributed by atoms with E-state index in [-0.39, 0.29) is 23.6 Å². The first-order valence-corrected chi connectivity index (χ1v) is 10.2. The predicted octanol–water partition coefficient (Wildman–Crippen LogP) is 2.09. The summed E-state index contributed by atoms with van der Waals surface area (Å²) in [5, 5.41) is 3.72. The van der Waals surface area contributed by atoms with Crippen molar-refractivity contribution in [2.45, 2.75) is 69.7 Å². The number of rotatable bonds is 7. The van der Waals surface area contributed by atoms with Crippen molar-refractivity contribution >= 4 is 17.7 Å². The first-order valence-electron chi connectivity index (χ1n) is 9.21. The molecule has 7 heteroatoms. The van der Waals surface area contributed by atoms with Crippen LogP contribution in [0.1, 0.15) is 56.8 Å². The maximum Gasteiger partial charge on any atom is 0.257 e. The van der Waals surface area contributed by atoms with Crippen LogP contribution in [0.3, 0.4) is 0 Å². The first kappa shape index (κ1) is 18.5. The lowest BCUT2D eigenvalue weighted by Crippen LogP contribution is -2.34. The SMILES string of the molecule is CC(C)OCCCNC(=O)CC1CSc2nc3c(c(=O)n21)CCCC3. The molecule has 2 heterocycles. The molecule has 0 aromatic carbocycles. The summed E-state index contributed by atoms with van der Waals surface area (Å²) >= 11 is 1.59. The monoisotopic (exact) mass is 365 g/mol. The molecule has 3 rings (SSSR count). The van der Waals surface area contributed by atoms with Crippen LogP contribution in [0.4, 0.5) is 0 Å². The second-order valence-corrected chi connectivity index (χ2v) is 7.98. The average Bonchev–Trinajstić information content (AvgIpc) is 2.97. The molecule has 0 radical (unpaired) electrons. The molecule has 1 amide bonds. The third-order valence-electron chi connectivity index (χ3n) is 4.64. The van der Waals surface area contributed by atoms with Crippen LogP contribution in [-0.2, 0) is 22.4 Å². The molecule has 1 N–H and O–H groups in total. The third kappa shape index (κ3) is 4.44. The Kier molecular flexibility index (Phi) is 6.17. The summed E-state index contributed by atoms with van der Waals surface area (Å²) in [6.07, 6.45) is 5.25. The van der Waals surface area contributed by atoms with Gasteiger partial charge in [-0.05, 0) is 46.0 Å². The van der Waals surface area contributed by atoms with Gasteiger partial charge in [0.1, 0.15) is 0 Å². The summed E-state index contributed by atoms with van der Waals surface area (Å²) in [5.74, 6) is 0.738. The number of ether oxygens (including phenoxy) is 1. The topological polar surface area (TPSA) is 73.2 Å². The zero-order valence-electron chi connectivity index (χ0n) is 15.0. The van der Waals surface area contributed by atoms with Crippen LogP contribution in [0.5, 0.6) is 0 Å². The minimum atomic E-state index is -0.0841. The largest absolute Gasteiger partial charge is 0.379 e. The summed E-state index contributed by atoms with van der Waals surface area (Å²) < 4.78 is 7.22. The highest BCUT2D eigenvalue weighted by Gasteiger charge is 2.30. The molecule has 0 saturated carbocycles. The number of hydrogen-bond donors (Lipinski definition) is 1. The average molecular weight is 365 g/mol. The van der Waals surface area contributed by atoms with Gasteiger partial charge in [-0.1, -0.05) is 11.8 Å². The summed E-state index contributed by atoms with van der Waals surface area (Å²) in [5.41, 5.74) is 1.92. The summed E-state index contributed by atoms with van der Waals surface area (Å²) in [7, 11) is 0. The van der Waals surface area contributed by atoms with Gasteiger partial charge in [0.25, 0.3) is 5.56 Å². The Morgan fingerprint density at radius 3 is 3.00 bits per heavy atom. The number of nitrogens with one attached hydrogen (secondary N) is 1. The maximum atomic E-state index is 12.8. The van der Waals surface area contributed by atoms with Crippen molar-refractivity contribution in [1.82, 2.24) is 14.9 Å². The first-order chi connectivity index (χ1) is 12.1. The van der Waals surface area contributed by atoms with Gasteiger partial charge in [-0.3, -0.25) is 14.2 Å². The van der Waals surface area contributed by atoms with Crippen molar-refractivity contribution in [2.75, 3.05) is 18.9 Å². The van der Waals surface area contributed by atoms with E-state index in [4.69, 9.17) is 9.72 Å². The molecule has 1 aromatic heterocycles. The number of aryl methyl sites for hydroxylation is 1. The van der Waals surface area contributed by atoms with Gasteiger partial charge in [0, 0.05) is 30.9 Å². The van der Waals surface area contributed by atoms with Gasteiger partial charge in [-0.2, -0.15) is 0 Å². The minimum absolute atomic E-state index is 0.00684. The second-order valence-electron chi connectivity index (χ2n) is 6.99. The van der Waals surface area contributed by atoms with E-state index in [1.54, 1.807) is 16.3 Å². The van der Waals surface area contributed by atoms with E-state index in [9.17, 15) is 9.59 Å². The number of nitrogens with zero attached hydrogens (tertiary/aromatic N) is 2. The quantitative estimate of drug-likeness (QED) is 0.592. The van der Waals surface area contributed by atoms with Gasteiger partial charge in [-0.15, -0.1) is 0 Å². The summed E-state index contributed by atoms with van der Waals surface area (Å²) in [6.45, 7) is 5.25. The molecule has 138 valence electrons. The van der Waals surface area contributed by atoms with Crippen molar-refractivity contribution in [2.24, 2.45) is 0 Å². The van der Waals surface area contributed by atoms with Crippen LogP contribution in [0.15, 0.2) is 9.95 Å². The molecule has 1 unspecified atom stereocenters. The number of aromatic nitrogens is 2. The minimum Gasteiger partial charge on any atom is -0.379 e. The van der Waals surface area contributed by atoms with Crippen molar-refractivity contribution in [3.63, 3.8) is 0 Å². The van der Waals surface area contributed by atoms with Crippen molar-refractivity contribution in [3.8, 4) is 0 Å². The summed E-state index contributed by atoms with van der Waals surface area (Å²) in [4.78, 5) is 29.7. The number of carbonyl (C=O) groups excluding carboxylic acids is 1. The number of fused-ring (bicyclic) bond motifs is 2. The predicted molar refractivity (Wildman–Crippen MR) is 98.2 cm³/mol. The normalized spacial score (nSPS) is 18.9. The standard InChI is InChI=1S/C18H27N3O3S/c1-12(2)24-9-5-8-19-16(22)10-13-11-25-18-20-15-7-4-3-6-14(15)17(23)21(13)18/h12-13H,3-11H2,1-2H3,(H,19,22). The lowest BCUT2D eigenvalue weighted by molar-refractivity contribution is -0.121. The van der Waals surface area contributed by atoms with Gasteiger partial charge in [0.2, 0.25) is 5.91 Å². The van der Waals surface area contributed by atoms with Crippen molar-refractivity contribution < 1.29 is 9.53 Å². The van der Waals surface area contributed by atoms with E-state index in [1.165, 1.54) is 0 Å². The number of carbonyl (C=O) groups is 1. The van der Waals surface area contributed by atoms with E-state index in [2.05, 4.69) is 5.32 Å². The van der Waals surface area contributed by atoms with Crippen LogP contribution in [-0.4, -0.2) is 40.5 Å². The zero-order valence-corrected chi connectivity index (χ0v) is 15.9. The number of amides is 1. The van der Waals surface area contributed by atoms with Gasteiger partial charge >= 0.3 is 0 Å². The highest BCUT2D eigenvalue weighted by Crippen LogP contribution is 2.33. The van der Waals surface area contributed by atoms with Gasteiger partial charge in [0.15, 0.2) is 5.16 Å². The Labute approximate surface area is 152 Å². The van der Waals surface area contributed by atoms with E-state index in [1.807, 2.05) is 13.8 Å². The van der Waals surface area contributed by atoms with Crippen molar-refractivity contribution in [3.05, 3.63) is 21.6 Å². The zero-order chi connectivity index (χ0) is 17.8. The lowest BCUT2D eigenvalue weighted by atomic mass is 9.97.